The summed E-state index contributed by atoms with van der Waals surface area (Å²) in [5.74, 6) is 0.671. The van der Waals surface area contributed by atoms with Crippen molar-refractivity contribution < 1.29 is 9.90 Å². The normalized spacial score (nSPS) is 22.8. The highest BCUT2D eigenvalue weighted by Crippen LogP contribution is 2.32. The number of hydrogen-bond donors (Lipinski definition) is 1. The van der Waals surface area contributed by atoms with Crippen LogP contribution in [0.15, 0.2) is 36.5 Å². The maximum absolute atomic E-state index is 12.8. The van der Waals surface area contributed by atoms with Gasteiger partial charge in [-0.05, 0) is 73.9 Å². The summed E-state index contributed by atoms with van der Waals surface area (Å²) in [6, 6.07) is 9.59. The molecule has 1 N–H and O–H groups in total. The van der Waals surface area contributed by atoms with E-state index in [2.05, 4.69) is 9.88 Å². The maximum Gasteiger partial charge on any atom is 0.254 e. The molecule has 8 heteroatoms. The molecule has 0 saturated carbocycles. The van der Waals surface area contributed by atoms with Gasteiger partial charge in [-0.15, -0.1) is 0 Å². The fourth-order valence-corrected chi connectivity index (χ4v) is 5.53. The molecule has 2 aromatic rings. The molecule has 1 aromatic carbocycles. The number of carbonyl (C=O) groups excluding carboxylic acids is 1. The quantitative estimate of drug-likeness (QED) is 0.603. The molecule has 0 aliphatic carbocycles. The molecular formula is C24H28Cl3N3O2. The molecule has 0 spiro atoms. The summed E-state index contributed by atoms with van der Waals surface area (Å²) in [5.41, 5.74) is 1.76. The molecule has 172 valence electrons. The van der Waals surface area contributed by atoms with E-state index in [1.54, 1.807) is 18.3 Å². The fourth-order valence-electron chi connectivity index (χ4n) is 5.04. The van der Waals surface area contributed by atoms with E-state index in [4.69, 9.17) is 34.8 Å². The molecule has 4 rings (SSSR count). The van der Waals surface area contributed by atoms with Gasteiger partial charge in [0.2, 0.25) is 0 Å². The first-order valence-electron chi connectivity index (χ1n) is 11.1. The average Bonchev–Trinajstić information content (AvgIpc) is 2.81. The first-order chi connectivity index (χ1) is 15.4. The number of carbonyl (C=O) groups is 1. The Bertz CT molecular complexity index is 950. The number of hydrogen-bond acceptors (Lipinski definition) is 4. The van der Waals surface area contributed by atoms with Crippen LogP contribution in [0.2, 0.25) is 15.2 Å². The van der Waals surface area contributed by atoms with E-state index in [1.807, 2.05) is 23.1 Å². The van der Waals surface area contributed by atoms with Crippen molar-refractivity contribution in [3.63, 3.8) is 0 Å². The topological polar surface area (TPSA) is 56.7 Å². The molecule has 5 nitrogen and oxygen atoms in total. The molecule has 1 amide bonds. The number of piperidine rings is 2. The highest BCUT2D eigenvalue weighted by Gasteiger charge is 2.34. The Morgan fingerprint density at radius 2 is 1.78 bits per heavy atom. The Hall–Kier alpha value is -1.37. The summed E-state index contributed by atoms with van der Waals surface area (Å²) < 4.78 is 0. The number of nitrogens with zero attached hydrogens (tertiary/aromatic N) is 3. The lowest BCUT2D eigenvalue weighted by molar-refractivity contribution is 0.0242. The number of aromatic nitrogens is 1. The lowest BCUT2D eigenvalue weighted by Crippen LogP contribution is -2.52. The largest absolute Gasteiger partial charge is 0.396 e. The molecule has 2 aliphatic rings. The van der Waals surface area contributed by atoms with Crippen molar-refractivity contribution in [3.05, 3.63) is 62.9 Å². The van der Waals surface area contributed by atoms with E-state index in [0.29, 0.717) is 32.7 Å². The Kier molecular flexibility index (Phi) is 7.95. The van der Waals surface area contributed by atoms with E-state index >= 15 is 0 Å². The summed E-state index contributed by atoms with van der Waals surface area (Å²) in [7, 11) is 0. The third kappa shape index (κ3) is 5.57. The van der Waals surface area contributed by atoms with Crippen LogP contribution in [0, 0.1) is 11.8 Å². The number of likely N-dealkylation sites (tertiary alicyclic amines) is 2. The Labute approximate surface area is 204 Å². The smallest absolute Gasteiger partial charge is 0.254 e. The highest BCUT2D eigenvalue weighted by molar-refractivity contribution is 6.42. The zero-order valence-electron chi connectivity index (χ0n) is 17.9. The van der Waals surface area contributed by atoms with Gasteiger partial charge in [-0.3, -0.25) is 9.69 Å². The Balaban J connectivity index is 1.31. The van der Waals surface area contributed by atoms with Gasteiger partial charge in [-0.25, -0.2) is 4.98 Å². The van der Waals surface area contributed by atoms with Gasteiger partial charge in [0, 0.05) is 44.0 Å². The first-order valence-corrected chi connectivity index (χ1v) is 12.3. The third-order valence-corrected chi connectivity index (χ3v) is 7.83. The molecule has 32 heavy (non-hydrogen) atoms. The molecule has 2 saturated heterocycles. The van der Waals surface area contributed by atoms with Gasteiger partial charge in [0.05, 0.1) is 10.0 Å². The van der Waals surface area contributed by atoms with Gasteiger partial charge in [-0.1, -0.05) is 40.9 Å². The highest BCUT2D eigenvalue weighted by atomic mass is 35.5. The van der Waals surface area contributed by atoms with Gasteiger partial charge in [0.15, 0.2) is 0 Å². The number of benzene rings is 1. The van der Waals surface area contributed by atoms with Gasteiger partial charge < -0.3 is 10.0 Å². The van der Waals surface area contributed by atoms with Crippen molar-refractivity contribution in [2.45, 2.75) is 31.7 Å². The van der Waals surface area contributed by atoms with Crippen molar-refractivity contribution in [2.24, 2.45) is 11.8 Å². The molecular weight excluding hydrogens is 469 g/mol. The minimum atomic E-state index is 0.0151. The summed E-state index contributed by atoms with van der Waals surface area (Å²) >= 11 is 18.2. The number of halogens is 3. The molecule has 3 heterocycles. The minimum absolute atomic E-state index is 0.0151. The van der Waals surface area contributed by atoms with E-state index < -0.39 is 0 Å². The predicted octanol–water partition coefficient (Wildman–Crippen LogP) is 4.82. The van der Waals surface area contributed by atoms with E-state index in [-0.39, 0.29) is 18.4 Å². The van der Waals surface area contributed by atoms with Crippen LogP contribution in [0.25, 0.3) is 0 Å². The lowest BCUT2D eigenvalue weighted by atomic mass is 9.80. The summed E-state index contributed by atoms with van der Waals surface area (Å²) in [6.45, 7) is 3.55. The SMILES string of the molecule is O=C(c1ccnc(Cl)c1)N1CCC(N2CC[C@H](Cc3ccc(Cl)c(Cl)c3)[C@H](CO)C2)CC1. The third-order valence-electron chi connectivity index (χ3n) is 6.88. The molecule has 0 bridgehead atoms. The second kappa shape index (κ2) is 10.7. The van der Waals surface area contributed by atoms with Crippen LogP contribution in [0.4, 0.5) is 0 Å². The van der Waals surface area contributed by atoms with Crippen LogP contribution in [0.1, 0.15) is 35.2 Å². The molecule has 0 radical (unpaired) electrons. The number of pyridine rings is 1. The van der Waals surface area contributed by atoms with E-state index in [1.165, 1.54) is 5.56 Å². The number of aliphatic hydroxyl groups is 1. The number of rotatable bonds is 5. The molecule has 1 aromatic heterocycles. The van der Waals surface area contributed by atoms with E-state index in [9.17, 15) is 9.90 Å². The fraction of sp³-hybridized carbons (Fsp3) is 0.500. The zero-order chi connectivity index (χ0) is 22.7. The van der Waals surface area contributed by atoms with Crippen LogP contribution in [0.5, 0.6) is 0 Å². The molecule has 2 atom stereocenters. The molecule has 0 unspecified atom stereocenters. The minimum Gasteiger partial charge on any atom is -0.396 e. The number of aliphatic hydroxyl groups excluding tert-OH is 1. The predicted molar refractivity (Wildman–Crippen MR) is 129 cm³/mol. The van der Waals surface area contributed by atoms with Crippen LogP contribution in [0.3, 0.4) is 0 Å². The maximum atomic E-state index is 12.8. The van der Waals surface area contributed by atoms with Gasteiger partial charge >= 0.3 is 0 Å². The van der Waals surface area contributed by atoms with Crippen molar-refractivity contribution >= 4 is 40.7 Å². The average molecular weight is 497 g/mol. The second-order valence-electron chi connectivity index (χ2n) is 8.83. The number of amides is 1. The van der Waals surface area contributed by atoms with Crippen LogP contribution >= 0.6 is 34.8 Å². The molecule has 2 fully saturated rings. The monoisotopic (exact) mass is 495 g/mol. The zero-order valence-corrected chi connectivity index (χ0v) is 20.2. The van der Waals surface area contributed by atoms with Crippen molar-refractivity contribution in [3.8, 4) is 0 Å². The van der Waals surface area contributed by atoms with Gasteiger partial charge in [0.25, 0.3) is 5.91 Å². The van der Waals surface area contributed by atoms with Crippen molar-refractivity contribution in [1.82, 2.24) is 14.8 Å². The van der Waals surface area contributed by atoms with Crippen LogP contribution < -0.4 is 0 Å². The van der Waals surface area contributed by atoms with Gasteiger partial charge in [-0.2, -0.15) is 0 Å². The standard InChI is InChI=1S/C24H28Cl3N3O2/c25-21-2-1-16(12-22(21)26)11-17-4-8-30(14-19(17)15-31)20-5-9-29(10-6-20)24(32)18-3-7-28-23(27)13-18/h1-3,7,12-13,17,19-20,31H,4-6,8-11,14-15H2/t17-,19+/m1/s1. The lowest BCUT2D eigenvalue weighted by Gasteiger charge is -2.44. The van der Waals surface area contributed by atoms with Crippen molar-refractivity contribution in [1.29, 1.82) is 0 Å². The summed E-state index contributed by atoms with van der Waals surface area (Å²) in [4.78, 5) is 21.1. The van der Waals surface area contributed by atoms with E-state index in [0.717, 1.165) is 51.9 Å². The molecule has 2 aliphatic heterocycles. The van der Waals surface area contributed by atoms with Crippen molar-refractivity contribution in [2.75, 3.05) is 32.8 Å². The summed E-state index contributed by atoms with van der Waals surface area (Å²) in [5, 5.41) is 11.6. The second-order valence-corrected chi connectivity index (χ2v) is 10.0. The van der Waals surface area contributed by atoms with Crippen LogP contribution in [-0.4, -0.2) is 64.6 Å². The van der Waals surface area contributed by atoms with Gasteiger partial charge in [0.1, 0.15) is 5.15 Å². The summed E-state index contributed by atoms with van der Waals surface area (Å²) in [6.07, 6.45) is 5.40. The Morgan fingerprint density at radius 1 is 1.00 bits per heavy atom. The Morgan fingerprint density at radius 3 is 2.47 bits per heavy atom. The first kappa shape index (κ1) is 23.8. The van der Waals surface area contributed by atoms with Crippen LogP contribution in [-0.2, 0) is 6.42 Å².